The first-order valence-corrected chi connectivity index (χ1v) is 16.6. The minimum atomic E-state index is 0.831. The first-order chi connectivity index (χ1) is 24.3. The summed E-state index contributed by atoms with van der Waals surface area (Å²) in [4.78, 5) is 0. The van der Waals surface area contributed by atoms with E-state index >= 15 is 0 Å². The van der Waals surface area contributed by atoms with Crippen molar-refractivity contribution in [3.63, 3.8) is 0 Å². The Kier molecular flexibility index (Phi) is 5.38. The van der Waals surface area contributed by atoms with E-state index in [2.05, 4.69) is 115 Å². The Labute approximate surface area is 280 Å². The fourth-order valence-corrected chi connectivity index (χ4v) is 7.93. The van der Waals surface area contributed by atoms with Crippen LogP contribution in [-0.4, -0.2) is 0 Å². The molecule has 0 fully saturated rings. The van der Waals surface area contributed by atoms with Crippen LogP contribution in [0.5, 0.6) is 0 Å². The second-order valence-corrected chi connectivity index (χ2v) is 12.8. The van der Waals surface area contributed by atoms with E-state index in [1.807, 2.05) is 42.5 Å². The van der Waals surface area contributed by atoms with Crippen LogP contribution in [0.15, 0.2) is 171 Å². The molecule has 0 saturated carbocycles. The molecule has 0 unspecified atom stereocenters. The smallest absolute Gasteiger partial charge is 0.147 e. The lowest BCUT2D eigenvalue weighted by molar-refractivity contribution is 0.633. The van der Waals surface area contributed by atoms with Crippen molar-refractivity contribution in [1.29, 1.82) is 0 Å². The minimum Gasteiger partial charge on any atom is -0.456 e. The zero-order chi connectivity index (χ0) is 32.1. The topological polar surface area (TPSA) is 39.4 Å². The van der Waals surface area contributed by atoms with Crippen LogP contribution in [0, 0.1) is 0 Å². The van der Waals surface area contributed by atoms with Gasteiger partial charge in [0.15, 0.2) is 0 Å². The van der Waals surface area contributed by atoms with Gasteiger partial charge in [0.2, 0.25) is 0 Å². The molecule has 3 aromatic heterocycles. The zero-order valence-corrected chi connectivity index (χ0v) is 26.2. The van der Waals surface area contributed by atoms with E-state index in [-0.39, 0.29) is 0 Å². The van der Waals surface area contributed by atoms with E-state index in [1.165, 1.54) is 27.1 Å². The van der Waals surface area contributed by atoms with Gasteiger partial charge in [-0.25, -0.2) is 0 Å². The Bertz CT molecular complexity index is 3040. The molecule has 0 atom stereocenters. The summed E-state index contributed by atoms with van der Waals surface area (Å²) in [6.45, 7) is 0. The van der Waals surface area contributed by atoms with E-state index in [9.17, 15) is 0 Å². The molecule has 0 saturated heterocycles. The first-order valence-electron chi connectivity index (χ1n) is 16.6. The predicted molar refractivity (Wildman–Crippen MR) is 202 cm³/mol. The lowest BCUT2D eigenvalue weighted by Gasteiger charge is -2.18. The van der Waals surface area contributed by atoms with E-state index in [4.69, 9.17) is 13.3 Å². The van der Waals surface area contributed by atoms with Crippen LogP contribution >= 0.6 is 0 Å². The first kappa shape index (κ1) is 26.5. The Morgan fingerprint density at radius 1 is 0.327 bits per heavy atom. The van der Waals surface area contributed by atoms with Crippen molar-refractivity contribution in [2.24, 2.45) is 0 Å². The summed E-state index contributed by atoms with van der Waals surface area (Å²) in [7, 11) is 0. The van der Waals surface area contributed by atoms with Crippen LogP contribution in [0.1, 0.15) is 0 Å². The van der Waals surface area contributed by atoms with E-state index in [0.29, 0.717) is 0 Å². The molecule has 3 heteroatoms. The van der Waals surface area contributed by atoms with Crippen molar-refractivity contribution in [2.75, 3.05) is 0 Å². The summed E-state index contributed by atoms with van der Waals surface area (Å²) in [6, 6.07) is 55.4. The Morgan fingerprint density at radius 2 is 0.898 bits per heavy atom. The summed E-state index contributed by atoms with van der Waals surface area (Å²) < 4.78 is 19.7. The molecule has 0 aliphatic carbocycles. The van der Waals surface area contributed by atoms with Gasteiger partial charge >= 0.3 is 0 Å². The maximum Gasteiger partial charge on any atom is 0.147 e. The Morgan fingerprint density at radius 3 is 1.61 bits per heavy atom. The third-order valence-corrected chi connectivity index (χ3v) is 10.1. The number of rotatable bonds is 3. The van der Waals surface area contributed by atoms with E-state index in [0.717, 1.165) is 82.9 Å². The summed E-state index contributed by atoms with van der Waals surface area (Å²) in [5.74, 6) is 0.839. The van der Waals surface area contributed by atoms with Gasteiger partial charge in [-0.15, -0.1) is 0 Å². The fraction of sp³-hybridized carbons (Fsp3) is 0. The van der Waals surface area contributed by atoms with Crippen LogP contribution in [0.3, 0.4) is 0 Å². The maximum atomic E-state index is 6.78. The molecular formula is C46H26O3. The summed E-state index contributed by atoms with van der Waals surface area (Å²) >= 11 is 0. The molecular weight excluding hydrogens is 601 g/mol. The van der Waals surface area contributed by atoms with Crippen LogP contribution in [0.2, 0.25) is 0 Å². The van der Waals surface area contributed by atoms with Gasteiger partial charge in [0.25, 0.3) is 0 Å². The summed E-state index contributed by atoms with van der Waals surface area (Å²) in [5.41, 5.74) is 9.92. The molecule has 228 valence electrons. The highest BCUT2D eigenvalue weighted by atomic mass is 16.3. The van der Waals surface area contributed by atoms with Gasteiger partial charge in [0.05, 0.1) is 5.39 Å². The summed E-state index contributed by atoms with van der Waals surface area (Å²) in [6.07, 6.45) is 0. The predicted octanol–water partition coefficient (Wildman–Crippen LogP) is 13.5. The number of fused-ring (bicyclic) bond motifs is 10. The van der Waals surface area contributed by atoms with Crippen LogP contribution in [0.4, 0.5) is 0 Å². The van der Waals surface area contributed by atoms with Gasteiger partial charge in [0.1, 0.15) is 33.7 Å². The average Bonchev–Trinajstić information content (AvgIpc) is 3.87. The Hall–Kier alpha value is -6.58. The molecule has 8 aromatic carbocycles. The highest BCUT2D eigenvalue weighted by Gasteiger charge is 2.24. The molecule has 0 bridgehead atoms. The van der Waals surface area contributed by atoms with Gasteiger partial charge in [-0.2, -0.15) is 0 Å². The molecule has 11 rings (SSSR count). The largest absolute Gasteiger partial charge is 0.456 e. The third kappa shape index (κ3) is 3.78. The fourth-order valence-electron chi connectivity index (χ4n) is 7.93. The SMILES string of the molecule is c1ccc(-c2cc3cc(-c4c5ccccc5c(-c5ccc6oc7ccccc7c6c5)c5ccccc45)c4oc5ccccc5c4c3o2)cc1. The number of furan rings is 3. The van der Waals surface area contributed by atoms with Gasteiger partial charge in [-0.1, -0.05) is 121 Å². The van der Waals surface area contributed by atoms with Crippen molar-refractivity contribution in [3.05, 3.63) is 158 Å². The zero-order valence-electron chi connectivity index (χ0n) is 26.2. The normalized spacial score (nSPS) is 12.1. The van der Waals surface area contributed by atoms with Crippen LogP contribution in [-0.2, 0) is 0 Å². The van der Waals surface area contributed by atoms with Crippen molar-refractivity contribution < 1.29 is 13.3 Å². The van der Waals surface area contributed by atoms with Crippen molar-refractivity contribution >= 4 is 76.4 Å². The molecule has 3 nitrogen and oxygen atoms in total. The molecule has 0 radical (unpaired) electrons. The third-order valence-electron chi connectivity index (χ3n) is 10.1. The molecule has 0 spiro atoms. The van der Waals surface area contributed by atoms with Crippen LogP contribution < -0.4 is 0 Å². The van der Waals surface area contributed by atoms with E-state index in [1.54, 1.807) is 0 Å². The highest BCUT2D eigenvalue weighted by Crippen LogP contribution is 2.49. The quantitative estimate of drug-likeness (QED) is 0.183. The minimum absolute atomic E-state index is 0.831. The standard InChI is InChI=1S/C46H26O3/c1-2-12-27(13-3-1)41-26-29-25-37(46-44(45(29)49-41)35-19-9-11-21-39(35)48-46)43-33-17-6-4-15-31(33)42(32-16-5-7-18-34(32)43)28-22-23-40-36(24-28)30-14-8-10-20-38(30)47-40/h1-26H. The second-order valence-electron chi connectivity index (χ2n) is 12.8. The lowest BCUT2D eigenvalue weighted by atomic mass is 9.85. The molecule has 0 aliphatic heterocycles. The summed E-state index contributed by atoms with van der Waals surface area (Å²) in [5, 5.41) is 10.0. The highest BCUT2D eigenvalue weighted by molar-refractivity contribution is 6.28. The van der Waals surface area contributed by atoms with Gasteiger partial charge in [0, 0.05) is 38.2 Å². The molecule has 0 N–H and O–H groups in total. The number of benzene rings is 8. The van der Waals surface area contributed by atoms with Gasteiger partial charge in [-0.3, -0.25) is 0 Å². The molecule has 0 aliphatic rings. The molecule has 11 aromatic rings. The second kappa shape index (κ2) is 9.96. The van der Waals surface area contributed by atoms with Gasteiger partial charge in [-0.05, 0) is 69.1 Å². The molecule has 49 heavy (non-hydrogen) atoms. The van der Waals surface area contributed by atoms with Crippen LogP contribution in [0.25, 0.3) is 110 Å². The number of para-hydroxylation sites is 2. The average molecular weight is 627 g/mol. The number of hydrogen-bond donors (Lipinski definition) is 0. The van der Waals surface area contributed by atoms with Gasteiger partial charge < -0.3 is 13.3 Å². The molecule has 0 amide bonds. The lowest BCUT2D eigenvalue weighted by Crippen LogP contribution is -1.91. The number of hydrogen-bond acceptors (Lipinski definition) is 3. The Balaban J connectivity index is 1.27. The van der Waals surface area contributed by atoms with Crippen molar-refractivity contribution in [1.82, 2.24) is 0 Å². The maximum absolute atomic E-state index is 6.78. The molecule has 3 heterocycles. The monoisotopic (exact) mass is 626 g/mol. The van der Waals surface area contributed by atoms with Crippen molar-refractivity contribution in [2.45, 2.75) is 0 Å². The van der Waals surface area contributed by atoms with E-state index < -0.39 is 0 Å². The van der Waals surface area contributed by atoms with Crippen molar-refractivity contribution in [3.8, 4) is 33.6 Å².